The Kier molecular flexibility index (Phi) is 5.63. The number of rotatable bonds is 6. The quantitative estimate of drug-likeness (QED) is 0.624. The number of aromatic nitrogens is 2. The van der Waals surface area contributed by atoms with Gasteiger partial charge in [0.1, 0.15) is 5.69 Å². The van der Waals surface area contributed by atoms with Gasteiger partial charge in [0.2, 0.25) is 0 Å². The number of benzene rings is 1. The minimum absolute atomic E-state index is 0.175. The Bertz CT molecular complexity index is 919. The third kappa shape index (κ3) is 4.59. The van der Waals surface area contributed by atoms with Gasteiger partial charge in [-0.25, -0.2) is 0 Å². The second-order valence-electron chi connectivity index (χ2n) is 6.13. The summed E-state index contributed by atoms with van der Waals surface area (Å²) in [6.45, 7) is 0.298. The van der Waals surface area contributed by atoms with E-state index in [2.05, 4.69) is 15.6 Å². The van der Waals surface area contributed by atoms with Crippen molar-refractivity contribution < 1.29 is 9.59 Å². The van der Waals surface area contributed by atoms with Crippen LogP contribution in [0.2, 0.25) is 0 Å². The first-order chi connectivity index (χ1) is 13.0. The first-order valence-electron chi connectivity index (χ1n) is 8.51. The molecule has 0 aliphatic carbocycles. The molecule has 1 atom stereocenters. The second kappa shape index (κ2) is 8.29. The number of nitrogens with two attached hydrogens (primary N) is 1. The fourth-order valence-electron chi connectivity index (χ4n) is 2.63. The molecule has 1 unspecified atom stereocenters. The van der Waals surface area contributed by atoms with Gasteiger partial charge in [0, 0.05) is 49.5 Å². The van der Waals surface area contributed by atoms with Crippen LogP contribution in [0.3, 0.4) is 0 Å². The Hall–Kier alpha value is -3.45. The molecule has 0 aliphatic heterocycles. The average Bonchev–Trinajstić information content (AvgIpc) is 3.12. The molecule has 0 radical (unpaired) electrons. The Morgan fingerprint density at radius 2 is 1.78 bits per heavy atom. The van der Waals surface area contributed by atoms with Crippen molar-refractivity contribution in [1.29, 1.82) is 0 Å². The van der Waals surface area contributed by atoms with Gasteiger partial charge in [-0.2, -0.15) is 0 Å². The summed E-state index contributed by atoms with van der Waals surface area (Å²) in [6.07, 6.45) is 5.04. The highest BCUT2D eigenvalue weighted by atomic mass is 16.2. The molecule has 2 amide bonds. The number of carbonyl (C=O) groups excluding carboxylic acids is 2. The van der Waals surface area contributed by atoms with Crippen molar-refractivity contribution in [2.75, 3.05) is 11.9 Å². The number of anilines is 1. The zero-order chi connectivity index (χ0) is 19.2. The molecule has 0 saturated heterocycles. The molecule has 1 aromatic carbocycles. The number of carbonyl (C=O) groups is 2. The number of amides is 2. The van der Waals surface area contributed by atoms with Crippen LogP contribution in [0.4, 0.5) is 5.69 Å². The van der Waals surface area contributed by atoms with Gasteiger partial charge < -0.3 is 20.9 Å². The van der Waals surface area contributed by atoms with Gasteiger partial charge in [-0.3, -0.25) is 14.6 Å². The Morgan fingerprint density at radius 3 is 2.41 bits per heavy atom. The molecule has 0 aliphatic rings. The lowest BCUT2D eigenvalue weighted by Crippen LogP contribution is -2.32. The van der Waals surface area contributed by atoms with Crippen molar-refractivity contribution in [3.05, 3.63) is 83.9 Å². The standard InChI is InChI=1S/C20H21N5O2/c1-25-12-2-3-18(25)20(27)23-13-17(21)14-4-6-15(7-5-14)19(26)24-16-8-10-22-11-9-16/h2-12,17H,13,21H2,1H3,(H,23,27)(H,22,24,26). The highest BCUT2D eigenvalue weighted by Crippen LogP contribution is 2.13. The molecule has 3 aromatic rings. The Balaban J connectivity index is 1.57. The van der Waals surface area contributed by atoms with E-state index in [-0.39, 0.29) is 17.9 Å². The molecule has 7 nitrogen and oxygen atoms in total. The van der Waals surface area contributed by atoms with Crippen LogP contribution in [0.25, 0.3) is 0 Å². The van der Waals surface area contributed by atoms with E-state index in [9.17, 15) is 9.59 Å². The average molecular weight is 363 g/mol. The van der Waals surface area contributed by atoms with Crippen molar-refractivity contribution in [2.24, 2.45) is 12.8 Å². The van der Waals surface area contributed by atoms with E-state index >= 15 is 0 Å². The molecule has 2 heterocycles. The number of pyridine rings is 1. The minimum Gasteiger partial charge on any atom is -0.349 e. The fourth-order valence-corrected chi connectivity index (χ4v) is 2.63. The number of nitrogens with zero attached hydrogens (tertiary/aromatic N) is 2. The molecule has 2 aromatic heterocycles. The summed E-state index contributed by atoms with van der Waals surface area (Å²) in [5.41, 5.74) is 8.77. The highest BCUT2D eigenvalue weighted by Gasteiger charge is 2.13. The molecule has 3 rings (SSSR count). The van der Waals surface area contributed by atoms with E-state index in [1.165, 1.54) is 0 Å². The summed E-state index contributed by atoms with van der Waals surface area (Å²) >= 11 is 0. The van der Waals surface area contributed by atoms with Crippen LogP contribution in [0.15, 0.2) is 67.1 Å². The molecule has 0 bridgehead atoms. The largest absolute Gasteiger partial charge is 0.349 e. The number of hydrogen-bond acceptors (Lipinski definition) is 4. The topological polar surface area (TPSA) is 102 Å². The first-order valence-corrected chi connectivity index (χ1v) is 8.51. The molecule has 27 heavy (non-hydrogen) atoms. The number of nitrogens with one attached hydrogen (secondary N) is 2. The van der Waals surface area contributed by atoms with Crippen LogP contribution in [0.1, 0.15) is 32.5 Å². The zero-order valence-electron chi connectivity index (χ0n) is 14.9. The normalized spacial score (nSPS) is 11.6. The minimum atomic E-state index is -0.369. The molecule has 0 spiro atoms. The van der Waals surface area contributed by atoms with Crippen LogP contribution in [-0.2, 0) is 7.05 Å². The molecule has 0 fully saturated rings. The maximum atomic E-state index is 12.3. The van der Waals surface area contributed by atoms with Crippen LogP contribution in [-0.4, -0.2) is 27.9 Å². The van der Waals surface area contributed by atoms with Crippen molar-refractivity contribution in [2.45, 2.75) is 6.04 Å². The predicted octanol–water partition coefficient (Wildman–Crippen LogP) is 2.10. The second-order valence-corrected chi connectivity index (χ2v) is 6.13. The third-order valence-corrected chi connectivity index (χ3v) is 4.20. The molecule has 4 N–H and O–H groups in total. The smallest absolute Gasteiger partial charge is 0.267 e. The van der Waals surface area contributed by atoms with Crippen molar-refractivity contribution in [3.63, 3.8) is 0 Å². The summed E-state index contributed by atoms with van der Waals surface area (Å²) in [7, 11) is 1.81. The summed E-state index contributed by atoms with van der Waals surface area (Å²) in [5.74, 6) is -0.385. The molecule has 138 valence electrons. The first kappa shape index (κ1) is 18.3. The number of hydrogen-bond donors (Lipinski definition) is 3. The van der Waals surface area contributed by atoms with Crippen LogP contribution in [0, 0.1) is 0 Å². The van der Waals surface area contributed by atoms with Crippen LogP contribution >= 0.6 is 0 Å². The van der Waals surface area contributed by atoms with Gasteiger partial charge in [-0.15, -0.1) is 0 Å². The van der Waals surface area contributed by atoms with Crippen molar-refractivity contribution in [1.82, 2.24) is 14.9 Å². The SMILES string of the molecule is Cn1cccc1C(=O)NCC(N)c1ccc(C(=O)Nc2ccncc2)cc1. The maximum absolute atomic E-state index is 12.3. The number of aryl methyl sites for hydroxylation is 1. The van der Waals surface area contributed by atoms with Crippen LogP contribution < -0.4 is 16.4 Å². The monoisotopic (exact) mass is 363 g/mol. The van der Waals surface area contributed by atoms with E-state index < -0.39 is 0 Å². The van der Waals surface area contributed by atoms with Gasteiger partial charge in [0.05, 0.1) is 0 Å². The van der Waals surface area contributed by atoms with E-state index in [0.717, 1.165) is 5.56 Å². The van der Waals surface area contributed by atoms with Gasteiger partial charge in [0.15, 0.2) is 0 Å². The lowest BCUT2D eigenvalue weighted by molar-refractivity contribution is 0.0942. The van der Waals surface area contributed by atoms with Crippen molar-refractivity contribution >= 4 is 17.5 Å². The van der Waals surface area contributed by atoms with Gasteiger partial charge in [-0.1, -0.05) is 12.1 Å². The van der Waals surface area contributed by atoms with Crippen molar-refractivity contribution in [3.8, 4) is 0 Å². The summed E-state index contributed by atoms with van der Waals surface area (Å²) in [6, 6.07) is 13.6. The lowest BCUT2D eigenvalue weighted by Gasteiger charge is -2.14. The van der Waals surface area contributed by atoms with Crippen LogP contribution in [0.5, 0.6) is 0 Å². The van der Waals surface area contributed by atoms with E-state index in [1.54, 1.807) is 59.4 Å². The maximum Gasteiger partial charge on any atom is 0.267 e. The summed E-state index contributed by atoms with van der Waals surface area (Å²) < 4.78 is 1.75. The lowest BCUT2D eigenvalue weighted by atomic mass is 10.0. The summed E-state index contributed by atoms with van der Waals surface area (Å²) in [5, 5.41) is 5.62. The Labute approximate surface area is 157 Å². The molecular weight excluding hydrogens is 342 g/mol. The molecule has 7 heteroatoms. The highest BCUT2D eigenvalue weighted by molar-refractivity contribution is 6.04. The van der Waals surface area contributed by atoms with Gasteiger partial charge >= 0.3 is 0 Å². The predicted molar refractivity (Wildman–Crippen MR) is 103 cm³/mol. The van der Waals surface area contributed by atoms with Gasteiger partial charge in [0.25, 0.3) is 11.8 Å². The molecular formula is C20H21N5O2. The van der Waals surface area contributed by atoms with E-state index in [0.29, 0.717) is 23.5 Å². The van der Waals surface area contributed by atoms with E-state index in [4.69, 9.17) is 5.73 Å². The van der Waals surface area contributed by atoms with Gasteiger partial charge in [-0.05, 0) is 42.0 Å². The summed E-state index contributed by atoms with van der Waals surface area (Å²) in [4.78, 5) is 28.3. The van der Waals surface area contributed by atoms with E-state index in [1.807, 2.05) is 19.3 Å². The Morgan fingerprint density at radius 1 is 1.07 bits per heavy atom. The fraction of sp³-hybridized carbons (Fsp3) is 0.150. The molecule has 0 saturated carbocycles. The zero-order valence-corrected chi connectivity index (χ0v) is 14.9. The third-order valence-electron chi connectivity index (χ3n) is 4.20.